The van der Waals surface area contributed by atoms with E-state index in [1.165, 1.54) is 6.07 Å². The predicted octanol–water partition coefficient (Wildman–Crippen LogP) is 2.58. The molecule has 0 unspecified atom stereocenters. The van der Waals surface area contributed by atoms with Crippen LogP contribution in [0.3, 0.4) is 0 Å². The first-order valence-corrected chi connectivity index (χ1v) is 4.29. The molecule has 0 saturated heterocycles. The second-order valence-corrected chi connectivity index (χ2v) is 2.85. The summed E-state index contributed by atoms with van der Waals surface area (Å²) in [5.41, 5.74) is -0.558. The molecule has 1 rings (SSSR count). The SMILES string of the molecule is CCOc1ccc(F)c(C(=O)O)c1Cl. The molecule has 76 valence electrons. The zero-order valence-corrected chi connectivity index (χ0v) is 8.14. The second-order valence-electron chi connectivity index (χ2n) is 2.47. The molecule has 0 aromatic heterocycles. The minimum absolute atomic E-state index is 0.174. The fourth-order valence-electron chi connectivity index (χ4n) is 0.996. The Labute approximate surface area is 85.1 Å². The molecule has 1 N–H and O–H groups in total. The lowest BCUT2D eigenvalue weighted by molar-refractivity contribution is 0.0691. The lowest BCUT2D eigenvalue weighted by Gasteiger charge is -2.07. The van der Waals surface area contributed by atoms with Crippen molar-refractivity contribution < 1.29 is 19.0 Å². The molecule has 0 aliphatic heterocycles. The first-order chi connectivity index (χ1) is 6.57. The summed E-state index contributed by atoms with van der Waals surface area (Å²) in [5.74, 6) is -2.10. The summed E-state index contributed by atoms with van der Waals surface area (Å²) in [6.45, 7) is 2.06. The van der Waals surface area contributed by atoms with Gasteiger partial charge in [0, 0.05) is 0 Å². The highest BCUT2D eigenvalue weighted by molar-refractivity contribution is 6.35. The Kier molecular flexibility index (Phi) is 3.30. The van der Waals surface area contributed by atoms with Crippen LogP contribution in [-0.4, -0.2) is 17.7 Å². The molecule has 0 aliphatic rings. The van der Waals surface area contributed by atoms with Crippen molar-refractivity contribution in [2.24, 2.45) is 0 Å². The quantitative estimate of drug-likeness (QED) is 0.848. The molecule has 0 spiro atoms. The molecule has 0 radical (unpaired) electrons. The van der Waals surface area contributed by atoms with Gasteiger partial charge < -0.3 is 9.84 Å². The van der Waals surface area contributed by atoms with Gasteiger partial charge in [-0.25, -0.2) is 9.18 Å². The lowest BCUT2D eigenvalue weighted by atomic mass is 10.2. The Morgan fingerprint density at radius 1 is 1.64 bits per heavy atom. The monoisotopic (exact) mass is 218 g/mol. The third kappa shape index (κ3) is 1.96. The first-order valence-electron chi connectivity index (χ1n) is 3.92. The number of hydrogen-bond acceptors (Lipinski definition) is 2. The molecule has 0 atom stereocenters. The average molecular weight is 219 g/mol. The van der Waals surface area contributed by atoms with Crippen molar-refractivity contribution in [1.82, 2.24) is 0 Å². The Bertz CT molecular complexity index is 365. The van der Waals surface area contributed by atoms with Gasteiger partial charge in [0.25, 0.3) is 0 Å². The van der Waals surface area contributed by atoms with Gasteiger partial charge in [-0.1, -0.05) is 11.6 Å². The van der Waals surface area contributed by atoms with Crippen molar-refractivity contribution in [1.29, 1.82) is 0 Å². The number of carboxylic acid groups (broad SMARTS) is 1. The maximum Gasteiger partial charge on any atom is 0.340 e. The molecule has 0 saturated carbocycles. The van der Waals surface area contributed by atoms with Gasteiger partial charge >= 0.3 is 5.97 Å². The molecule has 0 amide bonds. The largest absolute Gasteiger partial charge is 0.492 e. The van der Waals surface area contributed by atoms with Gasteiger partial charge in [0.1, 0.15) is 22.2 Å². The molecular formula is C9H8ClFO3. The number of aromatic carboxylic acids is 1. The summed E-state index contributed by atoms with van der Waals surface area (Å²) in [6, 6.07) is 2.31. The maximum atomic E-state index is 13.0. The van der Waals surface area contributed by atoms with Crippen LogP contribution in [0.4, 0.5) is 4.39 Å². The molecular weight excluding hydrogens is 211 g/mol. The van der Waals surface area contributed by atoms with Crippen LogP contribution < -0.4 is 4.74 Å². The van der Waals surface area contributed by atoms with Crippen molar-refractivity contribution in [2.45, 2.75) is 6.92 Å². The summed E-state index contributed by atoms with van der Waals surface area (Å²) < 4.78 is 18.0. The van der Waals surface area contributed by atoms with Gasteiger partial charge in [0.2, 0.25) is 0 Å². The average Bonchev–Trinajstić information content (AvgIpc) is 2.10. The van der Waals surface area contributed by atoms with Crippen LogP contribution in [0.2, 0.25) is 5.02 Å². The number of carbonyl (C=O) groups is 1. The molecule has 14 heavy (non-hydrogen) atoms. The van der Waals surface area contributed by atoms with Crippen LogP contribution in [0, 0.1) is 5.82 Å². The van der Waals surface area contributed by atoms with E-state index in [4.69, 9.17) is 21.4 Å². The Morgan fingerprint density at radius 3 is 2.79 bits per heavy atom. The van der Waals surface area contributed by atoms with Crippen molar-refractivity contribution in [2.75, 3.05) is 6.61 Å². The Hall–Kier alpha value is -1.29. The van der Waals surface area contributed by atoms with Gasteiger partial charge in [-0.3, -0.25) is 0 Å². The highest BCUT2D eigenvalue weighted by Gasteiger charge is 2.18. The normalized spacial score (nSPS) is 9.93. The fourth-order valence-corrected chi connectivity index (χ4v) is 1.29. The molecule has 0 aliphatic carbocycles. The summed E-state index contributed by atoms with van der Waals surface area (Å²) in [5, 5.41) is 8.45. The van der Waals surface area contributed by atoms with E-state index in [2.05, 4.69) is 0 Å². The van der Waals surface area contributed by atoms with Crippen LogP contribution >= 0.6 is 11.6 Å². The van der Waals surface area contributed by atoms with E-state index in [0.717, 1.165) is 6.07 Å². The molecule has 0 fully saturated rings. The lowest BCUT2D eigenvalue weighted by Crippen LogP contribution is -2.03. The predicted molar refractivity (Wildman–Crippen MR) is 49.5 cm³/mol. The third-order valence-corrected chi connectivity index (χ3v) is 1.94. The highest BCUT2D eigenvalue weighted by atomic mass is 35.5. The van der Waals surface area contributed by atoms with Crippen LogP contribution in [-0.2, 0) is 0 Å². The van der Waals surface area contributed by atoms with Crippen LogP contribution in [0.5, 0.6) is 5.75 Å². The van der Waals surface area contributed by atoms with E-state index >= 15 is 0 Å². The van der Waals surface area contributed by atoms with Gasteiger partial charge in [0.15, 0.2) is 0 Å². The summed E-state index contributed by atoms with van der Waals surface area (Å²) in [6.07, 6.45) is 0. The highest BCUT2D eigenvalue weighted by Crippen LogP contribution is 2.30. The molecule has 0 bridgehead atoms. The summed E-state index contributed by atoms with van der Waals surface area (Å²) in [4.78, 5) is 10.6. The molecule has 1 aromatic rings. The van der Waals surface area contributed by atoms with Crippen molar-refractivity contribution in [3.8, 4) is 5.75 Å². The molecule has 3 nitrogen and oxygen atoms in total. The number of rotatable bonds is 3. The first kappa shape index (κ1) is 10.8. The van der Waals surface area contributed by atoms with E-state index in [-0.39, 0.29) is 10.8 Å². The Balaban J connectivity index is 3.26. The van der Waals surface area contributed by atoms with E-state index in [1.54, 1.807) is 6.92 Å². The maximum absolute atomic E-state index is 13.0. The van der Waals surface area contributed by atoms with E-state index < -0.39 is 17.3 Å². The summed E-state index contributed by atoms with van der Waals surface area (Å²) >= 11 is 5.64. The van der Waals surface area contributed by atoms with Crippen molar-refractivity contribution in [3.05, 3.63) is 28.5 Å². The summed E-state index contributed by atoms with van der Waals surface area (Å²) in [7, 11) is 0. The minimum atomic E-state index is -1.41. The number of carboxylic acids is 1. The molecule has 5 heteroatoms. The van der Waals surface area contributed by atoms with Crippen LogP contribution in [0.15, 0.2) is 12.1 Å². The topological polar surface area (TPSA) is 46.5 Å². The van der Waals surface area contributed by atoms with E-state index in [1.807, 2.05) is 0 Å². The van der Waals surface area contributed by atoms with Gasteiger partial charge in [-0.05, 0) is 19.1 Å². The van der Waals surface area contributed by atoms with Crippen LogP contribution in [0.25, 0.3) is 0 Å². The van der Waals surface area contributed by atoms with Gasteiger partial charge in [-0.2, -0.15) is 0 Å². The third-order valence-electron chi connectivity index (χ3n) is 1.57. The minimum Gasteiger partial charge on any atom is -0.492 e. The zero-order valence-electron chi connectivity index (χ0n) is 7.38. The van der Waals surface area contributed by atoms with Crippen LogP contribution in [0.1, 0.15) is 17.3 Å². The van der Waals surface area contributed by atoms with Gasteiger partial charge in [0.05, 0.1) is 6.61 Å². The van der Waals surface area contributed by atoms with Crippen molar-refractivity contribution >= 4 is 17.6 Å². The number of hydrogen-bond donors (Lipinski definition) is 1. The molecule has 1 aromatic carbocycles. The number of halogens is 2. The number of ether oxygens (including phenoxy) is 1. The second kappa shape index (κ2) is 4.28. The van der Waals surface area contributed by atoms with E-state index in [0.29, 0.717) is 6.61 Å². The van der Waals surface area contributed by atoms with Crippen molar-refractivity contribution in [3.63, 3.8) is 0 Å². The fraction of sp³-hybridized carbons (Fsp3) is 0.222. The van der Waals surface area contributed by atoms with E-state index in [9.17, 15) is 9.18 Å². The molecule has 0 heterocycles. The zero-order chi connectivity index (χ0) is 10.7. The van der Waals surface area contributed by atoms with Gasteiger partial charge in [-0.15, -0.1) is 0 Å². The number of benzene rings is 1. The Morgan fingerprint density at radius 2 is 2.29 bits per heavy atom. The standard InChI is InChI=1S/C9H8ClFO3/c1-2-14-6-4-3-5(11)7(8(6)10)9(12)13/h3-4H,2H2,1H3,(H,12,13). The smallest absolute Gasteiger partial charge is 0.340 e.